The maximum Gasteiger partial charge on any atom is 0.123 e. The van der Waals surface area contributed by atoms with Gasteiger partial charge in [0, 0.05) is 44.0 Å². The molecule has 1 aromatic rings. The predicted molar refractivity (Wildman–Crippen MR) is 84.9 cm³/mol. The first-order chi connectivity index (χ1) is 9.74. The van der Waals surface area contributed by atoms with E-state index in [1.165, 1.54) is 24.1 Å². The van der Waals surface area contributed by atoms with Crippen molar-refractivity contribution in [3.05, 3.63) is 23.8 Å². The summed E-state index contributed by atoms with van der Waals surface area (Å²) in [6, 6.07) is 7.16. The van der Waals surface area contributed by atoms with Crippen molar-refractivity contribution < 1.29 is 4.74 Å². The number of piperidine rings is 1. The number of aryl methyl sites for hydroxylation is 1. The Kier molecular flexibility index (Phi) is 5.68. The smallest absolute Gasteiger partial charge is 0.123 e. The fraction of sp³-hybridized carbons (Fsp3) is 0.625. The number of methoxy groups -OCH3 is 1. The number of nitrogens with one attached hydrogen (secondary N) is 2. The van der Waals surface area contributed by atoms with E-state index in [0.29, 0.717) is 6.04 Å². The van der Waals surface area contributed by atoms with Crippen molar-refractivity contribution in [2.45, 2.75) is 25.8 Å². The molecule has 0 aliphatic carbocycles. The third-order valence-electron chi connectivity index (χ3n) is 4.06. The van der Waals surface area contributed by atoms with Crippen LogP contribution in [0.1, 0.15) is 18.4 Å². The molecule has 1 aliphatic rings. The van der Waals surface area contributed by atoms with E-state index in [9.17, 15) is 0 Å². The molecule has 1 heterocycles. The molecule has 1 fully saturated rings. The van der Waals surface area contributed by atoms with E-state index in [1.807, 2.05) is 7.05 Å². The lowest BCUT2D eigenvalue weighted by molar-refractivity contribution is 0.407. The Labute approximate surface area is 122 Å². The van der Waals surface area contributed by atoms with Crippen LogP contribution in [-0.2, 0) is 0 Å². The molecule has 20 heavy (non-hydrogen) atoms. The third-order valence-corrected chi connectivity index (χ3v) is 4.06. The fourth-order valence-electron chi connectivity index (χ4n) is 2.75. The molecule has 0 aromatic heterocycles. The Hall–Kier alpha value is -1.26. The van der Waals surface area contributed by atoms with E-state index in [2.05, 4.69) is 40.7 Å². The maximum absolute atomic E-state index is 5.42. The van der Waals surface area contributed by atoms with Crippen molar-refractivity contribution in [2.75, 3.05) is 45.2 Å². The molecule has 0 saturated carbocycles. The van der Waals surface area contributed by atoms with Crippen LogP contribution in [0.2, 0.25) is 0 Å². The lowest BCUT2D eigenvalue weighted by Crippen LogP contribution is -2.44. The number of anilines is 1. The van der Waals surface area contributed by atoms with Gasteiger partial charge in [0.25, 0.3) is 0 Å². The second kappa shape index (κ2) is 7.50. The number of rotatable bonds is 6. The summed E-state index contributed by atoms with van der Waals surface area (Å²) in [6.45, 7) is 6.41. The SMILES string of the molecule is CNCCNC1CCN(c2ccc(C)c(OC)c2)CC1. The molecule has 0 amide bonds. The highest BCUT2D eigenvalue weighted by Gasteiger charge is 2.19. The van der Waals surface area contributed by atoms with Crippen LogP contribution in [0.15, 0.2) is 18.2 Å². The van der Waals surface area contributed by atoms with Crippen molar-refractivity contribution in [3.63, 3.8) is 0 Å². The van der Waals surface area contributed by atoms with Crippen LogP contribution in [0.25, 0.3) is 0 Å². The molecule has 0 unspecified atom stereocenters. The van der Waals surface area contributed by atoms with E-state index < -0.39 is 0 Å². The molecule has 0 atom stereocenters. The molecule has 1 saturated heterocycles. The molecular formula is C16H27N3O. The van der Waals surface area contributed by atoms with Gasteiger partial charge >= 0.3 is 0 Å². The minimum absolute atomic E-state index is 0.659. The van der Waals surface area contributed by atoms with Crippen LogP contribution >= 0.6 is 0 Å². The number of likely N-dealkylation sites (N-methyl/N-ethyl adjacent to an activating group) is 1. The zero-order chi connectivity index (χ0) is 14.4. The first-order valence-electron chi connectivity index (χ1n) is 7.52. The molecule has 112 valence electrons. The Morgan fingerprint density at radius 2 is 2.00 bits per heavy atom. The van der Waals surface area contributed by atoms with E-state index in [4.69, 9.17) is 4.74 Å². The summed E-state index contributed by atoms with van der Waals surface area (Å²) in [7, 11) is 3.74. The zero-order valence-corrected chi connectivity index (χ0v) is 12.9. The maximum atomic E-state index is 5.42. The lowest BCUT2D eigenvalue weighted by Gasteiger charge is -2.34. The molecule has 2 N–H and O–H groups in total. The van der Waals surface area contributed by atoms with Crippen molar-refractivity contribution in [1.82, 2.24) is 10.6 Å². The van der Waals surface area contributed by atoms with Crippen LogP contribution in [0.5, 0.6) is 5.75 Å². The van der Waals surface area contributed by atoms with Gasteiger partial charge < -0.3 is 20.3 Å². The number of benzene rings is 1. The van der Waals surface area contributed by atoms with Crippen molar-refractivity contribution in [3.8, 4) is 5.75 Å². The van der Waals surface area contributed by atoms with Gasteiger partial charge in [0.1, 0.15) is 5.75 Å². The lowest BCUT2D eigenvalue weighted by atomic mass is 10.0. The Morgan fingerprint density at radius 3 is 2.65 bits per heavy atom. The standard InChI is InChI=1S/C16H27N3O/c1-13-4-5-15(12-16(13)20-3)19-10-6-14(7-11-19)18-9-8-17-2/h4-5,12,14,17-18H,6-11H2,1-3H3. The van der Waals surface area contributed by atoms with Gasteiger partial charge in [0.15, 0.2) is 0 Å². The first kappa shape index (κ1) is 15.1. The quantitative estimate of drug-likeness (QED) is 0.777. The van der Waals surface area contributed by atoms with Crippen molar-refractivity contribution in [1.29, 1.82) is 0 Å². The Morgan fingerprint density at radius 1 is 1.25 bits per heavy atom. The molecular weight excluding hydrogens is 250 g/mol. The summed E-state index contributed by atoms with van der Waals surface area (Å²) in [5, 5.41) is 6.79. The van der Waals surface area contributed by atoms with Gasteiger partial charge in [0.05, 0.1) is 7.11 Å². The Balaban J connectivity index is 1.87. The van der Waals surface area contributed by atoms with Gasteiger partial charge in [-0.2, -0.15) is 0 Å². The molecule has 0 spiro atoms. The molecule has 1 aromatic carbocycles. The Bertz CT molecular complexity index is 414. The number of nitrogens with zero attached hydrogens (tertiary/aromatic N) is 1. The summed E-state index contributed by atoms with van der Waals surface area (Å²) >= 11 is 0. The van der Waals surface area contributed by atoms with Gasteiger partial charge in [-0.25, -0.2) is 0 Å². The van der Waals surface area contributed by atoms with Gasteiger partial charge in [-0.3, -0.25) is 0 Å². The van der Waals surface area contributed by atoms with E-state index in [1.54, 1.807) is 7.11 Å². The summed E-state index contributed by atoms with van der Waals surface area (Å²) in [5.41, 5.74) is 2.47. The summed E-state index contributed by atoms with van der Waals surface area (Å²) in [6.07, 6.45) is 2.42. The molecule has 4 nitrogen and oxygen atoms in total. The second-order valence-electron chi connectivity index (χ2n) is 5.47. The van der Waals surface area contributed by atoms with Gasteiger partial charge in [-0.15, -0.1) is 0 Å². The zero-order valence-electron chi connectivity index (χ0n) is 12.9. The third kappa shape index (κ3) is 3.87. The number of hydrogen-bond donors (Lipinski definition) is 2. The number of ether oxygens (including phenoxy) is 1. The molecule has 1 aliphatic heterocycles. The fourth-order valence-corrected chi connectivity index (χ4v) is 2.75. The van der Waals surface area contributed by atoms with E-state index in [0.717, 1.165) is 31.9 Å². The van der Waals surface area contributed by atoms with Gasteiger partial charge in [0.2, 0.25) is 0 Å². The van der Waals surface area contributed by atoms with Gasteiger partial charge in [-0.05, 0) is 38.4 Å². The van der Waals surface area contributed by atoms with Crippen LogP contribution in [0.4, 0.5) is 5.69 Å². The highest BCUT2D eigenvalue weighted by Crippen LogP contribution is 2.27. The van der Waals surface area contributed by atoms with Crippen LogP contribution in [0.3, 0.4) is 0 Å². The minimum atomic E-state index is 0.659. The van der Waals surface area contributed by atoms with Crippen molar-refractivity contribution >= 4 is 5.69 Å². The largest absolute Gasteiger partial charge is 0.496 e. The van der Waals surface area contributed by atoms with Crippen LogP contribution in [0, 0.1) is 6.92 Å². The van der Waals surface area contributed by atoms with Crippen LogP contribution in [-0.4, -0.2) is 46.4 Å². The topological polar surface area (TPSA) is 36.5 Å². The van der Waals surface area contributed by atoms with Crippen LogP contribution < -0.4 is 20.3 Å². The van der Waals surface area contributed by atoms with Gasteiger partial charge in [-0.1, -0.05) is 6.07 Å². The summed E-state index contributed by atoms with van der Waals surface area (Å²) in [4.78, 5) is 2.46. The summed E-state index contributed by atoms with van der Waals surface area (Å²) in [5.74, 6) is 0.983. The molecule has 0 radical (unpaired) electrons. The summed E-state index contributed by atoms with van der Waals surface area (Å²) < 4.78 is 5.42. The highest BCUT2D eigenvalue weighted by atomic mass is 16.5. The normalized spacial score (nSPS) is 16.4. The minimum Gasteiger partial charge on any atom is -0.496 e. The highest BCUT2D eigenvalue weighted by molar-refractivity contribution is 5.53. The van der Waals surface area contributed by atoms with Crippen molar-refractivity contribution in [2.24, 2.45) is 0 Å². The predicted octanol–water partition coefficient (Wildman–Crippen LogP) is 1.78. The first-order valence-corrected chi connectivity index (χ1v) is 7.52. The average Bonchev–Trinajstić information content (AvgIpc) is 2.49. The molecule has 2 rings (SSSR count). The molecule has 0 bridgehead atoms. The number of hydrogen-bond acceptors (Lipinski definition) is 4. The second-order valence-corrected chi connectivity index (χ2v) is 5.47. The monoisotopic (exact) mass is 277 g/mol. The van der Waals surface area contributed by atoms with E-state index >= 15 is 0 Å². The van der Waals surface area contributed by atoms with E-state index in [-0.39, 0.29) is 0 Å². The average molecular weight is 277 g/mol. The molecule has 4 heteroatoms.